The minimum absolute atomic E-state index is 0.0143. The molecule has 2 aliphatic rings. The van der Waals surface area contributed by atoms with Gasteiger partial charge in [0.05, 0.1) is 28.3 Å². The maximum atomic E-state index is 13.2. The lowest BCUT2D eigenvalue weighted by atomic mass is 10.1. The van der Waals surface area contributed by atoms with Crippen LogP contribution in [0.1, 0.15) is 27.1 Å². The SMILES string of the molecule is COC(=O)C=C1SC(=NC(=O)c2ccc(Cl)cc2Cl)N(c2ccc(C(=O)N[C@@H]3CCNC3)cc2)C1=O. The van der Waals surface area contributed by atoms with Gasteiger partial charge >= 0.3 is 5.97 Å². The number of aliphatic imine (C=N–C) groups is 1. The summed E-state index contributed by atoms with van der Waals surface area (Å²) in [6, 6.07) is 10.7. The number of esters is 1. The second-order valence-electron chi connectivity index (χ2n) is 7.81. The first kappa shape index (κ1) is 25.9. The van der Waals surface area contributed by atoms with Crippen LogP contribution in [0.25, 0.3) is 0 Å². The van der Waals surface area contributed by atoms with E-state index in [0.29, 0.717) is 22.8 Å². The Hall–Kier alpha value is -3.18. The summed E-state index contributed by atoms with van der Waals surface area (Å²) in [6.45, 7) is 1.56. The van der Waals surface area contributed by atoms with Crippen molar-refractivity contribution in [2.45, 2.75) is 12.5 Å². The summed E-state index contributed by atoms with van der Waals surface area (Å²) in [5.74, 6) is -2.23. The fourth-order valence-electron chi connectivity index (χ4n) is 3.56. The molecule has 1 atom stereocenters. The predicted molar refractivity (Wildman–Crippen MR) is 139 cm³/mol. The Balaban J connectivity index is 1.64. The highest BCUT2D eigenvalue weighted by Gasteiger charge is 2.36. The maximum Gasteiger partial charge on any atom is 0.331 e. The van der Waals surface area contributed by atoms with Gasteiger partial charge < -0.3 is 15.4 Å². The number of anilines is 1. The fourth-order valence-corrected chi connectivity index (χ4v) is 4.99. The van der Waals surface area contributed by atoms with Crippen molar-refractivity contribution >= 4 is 69.5 Å². The van der Waals surface area contributed by atoms with Gasteiger partial charge in [-0.1, -0.05) is 23.2 Å². The number of amidine groups is 1. The topological polar surface area (TPSA) is 117 Å². The van der Waals surface area contributed by atoms with E-state index in [0.717, 1.165) is 30.8 Å². The molecule has 2 aromatic rings. The van der Waals surface area contributed by atoms with Crippen LogP contribution < -0.4 is 15.5 Å². The standard InChI is InChI=1S/C24H20Cl2N4O5S/c1-35-20(31)11-19-23(34)30(24(36-19)29-22(33)17-7-4-14(25)10-18(17)26)16-5-2-13(3-6-16)21(32)28-15-8-9-27-12-15/h2-7,10-11,15,27H,8-9,12H2,1H3,(H,28,32)/t15-/m1/s1. The minimum atomic E-state index is -0.729. The first-order valence-corrected chi connectivity index (χ1v) is 12.4. The molecule has 0 radical (unpaired) electrons. The first-order chi connectivity index (χ1) is 17.3. The van der Waals surface area contributed by atoms with Gasteiger partial charge in [-0.3, -0.25) is 19.3 Å². The molecule has 0 spiro atoms. The molecule has 0 aromatic heterocycles. The zero-order chi connectivity index (χ0) is 25.8. The molecule has 0 unspecified atom stereocenters. The van der Waals surface area contributed by atoms with Gasteiger partial charge in [-0.15, -0.1) is 0 Å². The fraction of sp³-hybridized carbons (Fsp3) is 0.208. The van der Waals surface area contributed by atoms with Crippen LogP contribution in [0.5, 0.6) is 0 Å². The zero-order valence-electron chi connectivity index (χ0n) is 18.9. The Morgan fingerprint density at radius 3 is 2.58 bits per heavy atom. The Morgan fingerprint density at radius 2 is 1.94 bits per heavy atom. The molecule has 2 heterocycles. The van der Waals surface area contributed by atoms with E-state index in [1.807, 2.05) is 0 Å². The van der Waals surface area contributed by atoms with Crippen molar-refractivity contribution in [2.24, 2.45) is 4.99 Å². The Morgan fingerprint density at radius 1 is 1.19 bits per heavy atom. The number of ether oxygens (including phenoxy) is 1. The van der Waals surface area contributed by atoms with Crippen molar-refractivity contribution in [1.82, 2.24) is 10.6 Å². The Labute approximate surface area is 220 Å². The van der Waals surface area contributed by atoms with Gasteiger partial charge in [0, 0.05) is 29.2 Å². The number of amides is 3. The van der Waals surface area contributed by atoms with E-state index in [-0.39, 0.29) is 32.6 Å². The summed E-state index contributed by atoms with van der Waals surface area (Å²) in [6.07, 6.45) is 1.88. The van der Waals surface area contributed by atoms with Crippen LogP contribution in [0.3, 0.4) is 0 Å². The molecule has 4 rings (SSSR count). The van der Waals surface area contributed by atoms with Crippen molar-refractivity contribution in [2.75, 3.05) is 25.1 Å². The van der Waals surface area contributed by atoms with Gasteiger partial charge in [-0.05, 0) is 67.2 Å². The van der Waals surface area contributed by atoms with Crippen molar-refractivity contribution in [3.8, 4) is 0 Å². The van der Waals surface area contributed by atoms with Crippen LogP contribution in [-0.4, -0.2) is 55.1 Å². The van der Waals surface area contributed by atoms with Crippen LogP contribution in [0.4, 0.5) is 5.69 Å². The Kier molecular flexibility index (Phi) is 8.10. The van der Waals surface area contributed by atoms with Gasteiger partial charge in [0.1, 0.15) is 0 Å². The largest absolute Gasteiger partial charge is 0.466 e. The summed E-state index contributed by atoms with van der Waals surface area (Å²) in [7, 11) is 1.19. The van der Waals surface area contributed by atoms with E-state index in [1.165, 1.54) is 30.2 Å². The molecular weight excluding hydrogens is 527 g/mol. The average molecular weight is 547 g/mol. The monoisotopic (exact) mass is 546 g/mol. The predicted octanol–water partition coefficient (Wildman–Crippen LogP) is 3.42. The summed E-state index contributed by atoms with van der Waals surface area (Å²) >= 11 is 12.9. The number of hydrogen-bond acceptors (Lipinski definition) is 7. The van der Waals surface area contributed by atoms with Gasteiger partial charge in [-0.25, -0.2) is 4.79 Å². The summed E-state index contributed by atoms with van der Waals surface area (Å²) in [5.41, 5.74) is 0.867. The highest BCUT2D eigenvalue weighted by molar-refractivity contribution is 8.19. The molecule has 2 saturated heterocycles. The molecule has 2 aromatic carbocycles. The highest BCUT2D eigenvalue weighted by Crippen LogP contribution is 2.35. The number of rotatable bonds is 5. The maximum absolute atomic E-state index is 13.2. The van der Waals surface area contributed by atoms with E-state index < -0.39 is 17.8 Å². The number of hydrogen-bond donors (Lipinski definition) is 2. The van der Waals surface area contributed by atoms with Crippen LogP contribution >= 0.6 is 35.0 Å². The number of nitrogens with zero attached hydrogens (tertiary/aromatic N) is 2. The van der Waals surface area contributed by atoms with Crippen molar-refractivity contribution in [1.29, 1.82) is 0 Å². The van der Waals surface area contributed by atoms with Gasteiger partial charge in [0.25, 0.3) is 17.7 Å². The molecule has 9 nitrogen and oxygen atoms in total. The third kappa shape index (κ3) is 5.79. The molecule has 2 fully saturated rings. The summed E-state index contributed by atoms with van der Waals surface area (Å²) in [5, 5.41) is 6.61. The molecular formula is C24H20Cl2N4O5S. The molecule has 0 bridgehead atoms. The number of carbonyl (C=O) groups is 4. The minimum Gasteiger partial charge on any atom is -0.466 e. The summed E-state index contributed by atoms with van der Waals surface area (Å²) in [4.78, 5) is 55.7. The van der Waals surface area contributed by atoms with E-state index in [4.69, 9.17) is 23.2 Å². The first-order valence-electron chi connectivity index (χ1n) is 10.8. The average Bonchev–Trinajstić information content (AvgIpc) is 3.46. The molecule has 12 heteroatoms. The van der Waals surface area contributed by atoms with Gasteiger partial charge in [0.2, 0.25) is 0 Å². The number of benzene rings is 2. The van der Waals surface area contributed by atoms with Crippen molar-refractivity contribution in [3.63, 3.8) is 0 Å². The van der Waals surface area contributed by atoms with E-state index in [1.54, 1.807) is 24.3 Å². The van der Waals surface area contributed by atoms with Crippen LogP contribution in [-0.2, 0) is 14.3 Å². The van der Waals surface area contributed by atoms with E-state index in [9.17, 15) is 19.2 Å². The highest BCUT2D eigenvalue weighted by atomic mass is 35.5. The summed E-state index contributed by atoms with van der Waals surface area (Å²) < 4.78 is 4.63. The smallest absolute Gasteiger partial charge is 0.331 e. The molecule has 2 aliphatic heterocycles. The van der Waals surface area contributed by atoms with Crippen molar-refractivity contribution < 1.29 is 23.9 Å². The van der Waals surface area contributed by atoms with E-state index >= 15 is 0 Å². The lowest BCUT2D eigenvalue weighted by Crippen LogP contribution is -2.36. The molecule has 0 saturated carbocycles. The molecule has 36 heavy (non-hydrogen) atoms. The van der Waals surface area contributed by atoms with Gasteiger partial charge in [0.15, 0.2) is 5.17 Å². The third-order valence-corrected chi connectivity index (χ3v) is 6.92. The quantitative estimate of drug-likeness (QED) is 0.435. The number of halogens is 2. The molecule has 186 valence electrons. The molecule has 2 N–H and O–H groups in total. The Bertz CT molecular complexity index is 1290. The second kappa shape index (κ2) is 11.3. The number of carbonyl (C=O) groups excluding carboxylic acids is 4. The second-order valence-corrected chi connectivity index (χ2v) is 9.66. The third-order valence-electron chi connectivity index (χ3n) is 5.40. The number of nitrogens with one attached hydrogen (secondary N) is 2. The van der Waals surface area contributed by atoms with Crippen LogP contribution in [0, 0.1) is 0 Å². The van der Waals surface area contributed by atoms with Crippen LogP contribution in [0.15, 0.2) is 58.4 Å². The lowest BCUT2D eigenvalue weighted by molar-refractivity contribution is -0.135. The van der Waals surface area contributed by atoms with E-state index in [2.05, 4.69) is 20.4 Å². The van der Waals surface area contributed by atoms with Crippen molar-refractivity contribution in [3.05, 3.63) is 74.6 Å². The molecule has 3 amide bonds. The number of thioether (sulfide) groups is 1. The van der Waals surface area contributed by atoms with Crippen LogP contribution in [0.2, 0.25) is 10.0 Å². The molecule has 0 aliphatic carbocycles. The number of methoxy groups -OCH3 is 1. The van der Waals surface area contributed by atoms with Gasteiger partial charge in [-0.2, -0.15) is 4.99 Å². The zero-order valence-corrected chi connectivity index (χ0v) is 21.2. The normalized spacial score (nSPS) is 19.7. The lowest BCUT2D eigenvalue weighted by Gasteiger charge is -2.16.